The van der Waals surface area contributed by atoms with Crippen LogP contribution >= 0.6 is 35.0 Å². The molecule has 0 atom stereocenters. The van der Waals surface area contributed by atoms with Crippen molar-refractivity contribution in [1.82, 2.24) is 5.32 Å². The average Bonchev–Trinajstić information content (AvgIpc) is 2.96. The smallest absolute Gasteiger partial charge is 0.341 e. The number of benzene rings is 2. The van der Waals surface area contributed by atoms with Gasteiger partial charge in [0.1, 0.15) is 5.75 Å². The molecule has 0 saturated carbocycles. The third-order valence-electron chi connectivity index (χ3n) is 3.34. The summed E-state index contributed by atoms with van der Waals surface area (Å²) in [6, 6.07) is 11.7. The molecule has 2 aromatic rings. The van der Waals surface area contributed by atoms with Gasteiger partial charge < -0.3 is 15.2 Å². The maximum Gasteiger partial charge on any atom is 0.341 e. The summed E-state index contributed by atoms with van der Waals surface area (Å²) in [7, 11) is 0. The fourth-order valence-corrected chi connectivity index (χ4v) is 3.45. The van der Waals surface area contributed by atoms with Crippen LogP contribution in [0.5, 0.6) is 5.75 Å². The number of carboxylic acid groups (broad SMARTS) is 1. The van der Waals surface area contributed by atoms with E-state index >= 15 is 0 Å². The van der Waals surface area contributed by atoms with E-state index in [4.69, 9.17) is 33.0 Å². The molecule has 2 N–H and O–H groups in total. The molecule has 9 heteroatoms. The average molecular weight is 423 g/mol. The van der Waals surface area contributed by atoms with E-state index in [2.05, 4.69) is 10.3 Å². The number of carbonyl (C=O) groups is 2. The number of thioether (sulfide) groups is 1. The minimum absolute atomic E-state index is 0.322. The molecule has 3 rings (SSSR count). The van der Waals surface area contributed by atoms with Crippen LogP contribution < -0.4 is 10.1 Å². The molecule has 138 valence electrons. The van der Waals surface area contributed by atoms with Gasteiger partial charge in [-0.25, -0.2) is 9.79 Å². The quantitative estimate of drug-likeness (QED) is 0.699. The first-order chi connectivity index (χ1) is 12.9. The maximum atomic E-state index is 12.2. The summed E-state index contributed by atoms with van der Waals surface area (Å²) in [5, 5.41) is 12.7. The highest BCUT2D eigenvalue weighted by atomic mass is 35.5. The maximum absolute atomic E-state index is 12.2. The Morgan fingerprint density at radius 3 is 2.78 bits per heavy atom. The number of nitrogens with zero attached hydrogens (tertiary/aromatic N) is 1. The Morgan fingerprint density at radius 1 is 1.26 bits per heavy atom. The molecule has 0 aromatic heterocycles. The van der Waals surface area contributed by atoms with Crippen LogP contribution in [0, 0.1) is 0 Å². The molecule has 1 fully saturated rings. The van der Waals surface area contributed by atoms with Crippen molar-refractivity contribution in [3.8, 4) is 5.75 Å². The molecule has 1 heterocycles. The number of aliphatic carboxylic acids is 1. The van der Waals surface area contributed by atoms with Crippen LogP contribution in [0.3, 0.4) is 0 Å². The Bertz CT molecular complexity index is 976. The zero-order valence-electron chi connectivity index (χ0n) is 13.6. The van der Waals surface area contributed by atoms with Gasteiger partial charge in [-0.05, 0) is 42.1 Å². The lowest BCUT2D eigenvalue weighted by Gasteiger charge is -2.06. The van der Waals surface area contributed by atoms with E-state index in [9.17, 15) is 9.59 Å². The predicted molar refractivity (Wildman–Crippen MR) is 107 cm³/mol. The molecule has 27 heavy (non-hydrogen) atoms. The van der Waals surface area contributed by atoms with Gasteiger partial charge in [0.25, 0.3) is 5.91 Å². The number of halogens is 2. The molecule has 6 nitrogen and oxygen atoms in total. The van der Waals surface area contributed by atoms with E-state index in [-0.39, 0.29) is 5.91 Å². The van der Waals surface area contributed by atoms with Gasteiger partial charge in [0, 0.05) is 10.6 Å². The molecular weight excluding hydrogens is 411 g/mol. The van der Waals surface area contributed by atoms with Gasteiger partial charge >= 0.3 is 5.97 Å². The van der Waals surface area contributed by atoms with Gasteiger partial charge in [-0.15, -0.1) is 0 Å². The molecule has 1 aliphatic heterocycles. The Hall–Kier alpha value is -2.48. The van der Waals surface area contributed by atoms with Gasteiger partial charge in [-0.3, -0.25) is 4.79 Å². The SMILES string of the molecule is O=C(O)COc1ccccc1/C=C1/SC(=Nc2ccc(Cl)cc2Cl)NC1=O. The van der Waals surface area contributed by atoms with E-state index in [0.717, 1.165) is 11.8 Å². The summed E-state index contributed by atoms with van der Waals surface area (Å²) < 4.78 is 5.25. The second-order valence-electron chi connectivity index (χ2n) is 5.30. The number of amides is 1. The summed E-state index contributed by atoms with van der Waals surface area (Å²) in [6.45, 7) is -0.471. The summed E-state index contributed by atoms with van der Waals surface area (Å²) >= 11 is 13.1. The van der Waals surface area contributed by atoms with Crippen molar-refractivity contribution in [2.24, 2.45) is 4.99 Å². The van der Waals surface area contributed by atoms with Crippen LogP contribution in [-0.2, 0) is 9.59 Å². The molecule has 1 saturated heterocycles. The Kier molecular flexibility index (Phi) is 6.05. The van der Waals surface area contributed by atoms with Crippen molar-refractivity contribution in [3.63, 3.8) is 0 Å². The molecular formula is C18H12Cl2N2O4S. The number of carbonyl (C=O) groups excluding carboxylic acids is 1. The van der Waals surface area contributed by atoms with Gasteiger partial charge in [0.2, 0.25) is 0 Å². The third-order valence-corrected chi connectivity index (χ3v) is 4.79. The fraction of sp³-hybridized carbons (Fsp3) is 0.0556. The van der Waals surface area contributed by atoms with E-state index in [1.807, 2.05) is 0 Å². The highest BCUT2D eigenvalue weighted by Crippen LogP contribution is 2.33. The van der Waals surface area contributed by atoms with Crippen molar-refractivity contribution in [1.29, 1.82) is 0 Å². The van der Waals surface area contributed by atoms with Crippen LogP contribution in [0.4, 0.5) is 5.69 Å². The molecule has 0 aliphatic carbocycles. The number of aliphatic imine (C=N–C) groups is 1. The molecule has 0 radical (unpaired) electrons. The highest BCUT2D eigenvalue weighted by molar-refractivity contribution is 8.18. The zero-order chi connectivity index (χ0) is 19.4. The highest BCUT2D eigenvalue weighted by Gasteiger charge is 2.24. The second-order valence-corrected chi connectivity index (χ2v) is 7.17. The van der Waals surface area contributed by atoms with E-state index < -0.39 is 12.6 Å². The minimum atomic E-state index is -1.08. The normalized spacial score (nSPS) is 16.6. The Balaban J connectivity index is 1.84. The van der Waals surface area contributed by atoms with Crippen LogP contribution in [0.15, 0.2) is 52.4 Å². The Labute approximate surface area is 168 Å². The topological polar surface area (TPSA) is 88.0 Å². The van der Waals surface area contributed by atoms with Crippen LogP contribution in [0.25, 0.3) is 6.08 Å². The Morgan fingerprint density at radius 2 is 2.04 bits per heavy atom. The van der Waals surface area contributed by atoms with Crippen molar-refractivity contribution in [2.45, 2.75) is 0 Å². The first kappa shape index (κ1) is 19.3. The second kappa shape index (κ2) is 8.47. The summed E-state index contributed by atoms with van der Waals surface area (Å²) in [4.78, 5) is 27.7. The standard InChI is InChI=1S/C18H12Cl2N2O4S/c19-11-5-6-13(12(20)8-11)21-18-22-17(25)15(27-18)7-10-3-1-2-4-14(10)26-9-16(23)24/h1-8H,9H2,(H,23,24)(H,21,22,25)/b15-7+. The van der Waals surface area contributed by atoms with Crippen molar-refractivity contribution < 1.29 is 19.4 Å². The lowest BCUT2D eigenvalue weighted by atomic mass is 10.2. The minimum Gasteiger partial charge on any atom is -0.481 e. The van der Waals surface area contributed by atoms with E-state index in [1.54, 1.807) is 48.5 Å². The van der Waals surface area contributed by atoms with Crippen LogP contribution in [-0.4, -0.2) is 28.8 Å². The van der Waals surface area contributed by atoms with E-state index in [1.165, 1.54) is 0 Å². The van der Waals surface area contributed by atoms with Crippen molar-refractivity contribution in [2.75, 3.05) is 6.61 Å². The number of para-hydroxylation sites is 1. The molecule has 1 amide bonds. The summed E-state index contributed by atoms with van der Waals surface area (Å²) in [6.07, 6.45) is 1.61. The number of ether oxygens (including phenoxy) is 1. The first-order valence-corrected chi connectivity index (χ1v) is 9.18. The van der Waals surface area contributed by atoms with Gasteiger partial charge in [-0.1, -0.05) is 41.4 Å². The molecule has 0 spiro atoms. The van der Waals surface area contributed by atoms with E-state index in [0.29, 0.717) is 37.1 Å². The molecule has 0 bridgehead atoms. The van der Waals surface area contributed by atoms with Crippen LogP contribution in [0.2, 0.25) is 10.0 Å². The zero-order valence-corrected chi connectivity index (χ0v) is 15.9. The largest absolute Gasteiger partial charge is 0.481 e. The van der Waals surface area contributed by atoms with Crippen LogP contribution in [0.1, 0.15) is 5.56 Å². The van der Waals surface area contributed by atoms with Crippen molar-refractivity contribution in [3.05, 3.63) is 63.0 Å². The van der Waals surface area contributed by atoms with Gasteiger partial charge in [-0.2, -0.15) is 0 Å². The molecule has 2 aromatic carbocycles. The summed E-state index contributed by atoms with van der Waals surface area (Å²) in [5.41, 5.74) is 1.07. The molecule has 0 unspecified atom stereocenters. The van der Waals surface area contributed by atoms with Crippen molar-refractivity contribution >= 4 is 63.8 Å². The number of hydrogen-bond acceptors (Lipinski definition) is 5. The third kappa shape index (κ3) is 5.03. The molecule has 1 aliphatic rings. The number of hydrogen-bond donors (Lipinski definition) is 2. The lowest BCUT2D eigenvalue weighted by molar-refractivity contribution is -0.139. The number of rotatable bonds is 5. The summed E-state index contributed by atoms with van der Waals surface area (Å²) in [5.74, 6) is -1.04. The predicted octanol–water partition coefficient (Wildman–Crippen LogP) is 4.35. The number of amidine groups is 1. The number of nitrogens with one attached hydrogen (secondary N) is 1. The monoisotopic (exact) mass is 422 g/mol. The lowest BCUT2D eigenvalue weighted by Crippen LogP contribution is -2.19. The van der Waals surface area contributed by atoms with Gasteiger partial charge in [0.05, 0.1) is 15.6 Å². The fourth-order valence-electron chi connectivity index (χ4n) is 2.17. The number of carboxylic acids is 1. The first-order valence-electron chi connectivity index (χ1n) is 7.60. The van der Waals surface area contributed by atoms with Gasteiger partial charge in [0.15, 0.2) is 11.8 Å².